The fourth-order valence-corrected chi connectivity index (χ4v) is 5.88. The predicted molar refractivity (Wildman–Crippen MR) is 124 cm³/mol. The smallest absolute Gasteiger partial charge is 0.285 e. The van der Waals surface area contributed by atoms with Gasteiger partial charge in [0.15, 0.2) is 5.84 Å². The lowest BCUT2D eigenvalue weighted by Crippen LogP contribution is -2.45. The molecule has 0 spiro atoms. The van der Waals surface area contributed by atoms with Gasteiger partial charge in [0.1, 0.15) is 4.90 Å². The maximum Gasteiger partial charge on any atom is 0.285 e. The first-order valence-electron chi connectivity index (χ1n) is 10.9. The molecule has 3 aromatic rings. The number of aromatic amines is 1. The van der Waals surface area contributed by atoms with E-state index in [0.717, 1.165) is 29.6 Å². The highest BCUT2D eigenvalue weighted by atomic mass is 32.2. The van der Waals surface area contributed by atoms with Crippen LogP contribution in [0.15, 0.2) is 51.8 Å². The van der Waals surface area contributed by atoms with Crippen LogP contribution in [0.1, 0.15) is 35.2 Å². The molecule has 0 aliphatic carbocycles. The van der Waals surface area contributed by atoms with Crippen molar-refractivity contribution in [3.8, 4) is 0 Å². The predicted octanol–water partition coefficient (Wildman–Crippen LogP) is 3.26. The number of amidine groups is 1. The summed E-state index contributed by atoms with van der Waals surface area (Å²) in [7, 11) is -3.66. The molecule has 3 heterocycles. The molecular formula is C24H26N4O3S. The molecule has 0 saturated carbocycles. The lowest BCUT2D eigenvalue weighted by Gasteiger charge is -2.33. The lowest BCUT2D eigenvalue weighted by atomic mass is 9.96. The first-order valence-corrected chi connectivity index (χ1v) is 12.3. The Bertz CT molecular complexity index is 1360. The van der Waals surface area contributed by atoms with Crippen LogP contribution >= 0.6 is 0 Å². The SMILES string of the molecule is Cc1[nH]c2ccc(CNC(=O)C3CCCN(C4=NS(=O)(=O)c5ccccc54)C3)cc2c1C. The highest BCUT2D eigenvalue weighted by Crippen LogP contribution is 2.30. The molecule has 1 atom stereocenters. The number of carbonyl (C=O) groups excluding carboxylic acids is 1. The van der Waals surface area contributed by atoms with Crippen LogP contribution < -0.4 is 5.32 Å². The van der Waals surface area contributed by atoms with Crippen molar-refractivity contribution in [3.05, 3.63) is 64.8 Å². The second kappa shape index (κ2) is 7.78. The molecule has 0 radical (unpaired) electrons. The summed E-state index contributed by atoms with van der Waals surface area (Å²) in [5.41, 5.74) is 5.16. The average molecular weight is 451 g/mol. The number of H-pyrrole nitrogens is 1. The van der Waals surface area contributed by atoms with Crippen molar-refractivity contribution in [1.82, 2.24) is 15.2 Å². The van der Waals surface area contributed by atoms with Gasteiger partial charge < -0.3 is 15.2 Å². The molecular weight excluding hydrogens is 424 g/mol. The van der Waals surface area contributed by atoms with Crippen LogP contribution in [-0.2, 0) is 21.4 Å². The molecule has 1 amide bonds. The number of aromatic nitrogens is 1. The number of amides is 1. The van der Waals surface area contributed by atoms with E-state index in [4.69, 9.17) is 0 Å². The maximum atomic E-state index is 12.9. The second-order valence-corrected chi connectivity index (χ2v) is 10.2. The van der Waals surface area contributed by atoms with Crippen LogP contribution in [-0.4, -0.2) is 43.1 Å². The molecule has 7 nitrogen and oxygen atoms in total. The number of sulfonamides is 1. The highest BCUT2D eigenvalue weighted by molar-refractivity contribution is 7.90. The molecule has 1 unspecified atom stereocenters. The van der Waals surface area contributed by atoms with Gasteiger partial charge >= 0.3 is 0 Å². The molecule has 2 aromatic carbocycles. The first kappa shape index (κ1) is 20.8. The molecule has 1 fully saturated rings. The summed E-state index contributed by atoms with van der Waals surface area (Å²) in [4.78, 5) is 18.5. The summed E-state index contributed by atoms with van der Waals surface area (Å²) < 4.78 is 28.8. The van der Waals surface area contributed by atoms with Crippen molar-refractivity contribution in [1.29, 1.82) is 0 Å². The van der Waals surface area contributed by atoms with Gasteiger partial charge in [0.2, 0.25) is 5.91 Å². The Morgan fingerprint density at radius 2 is 2.03 bits per heavy atom. The van der Waals surface area contributed by atoms with E-state index in [2.05, 4.69) is 40.7 Å². The minimum absolute atomic E-state index is 0.00786. The van der Waals surface area contributed by atoms with E-state index in [0.29, 0.717) is 31.0 Å². The van der Waals surface area contributed by atoms with Crippen molar-refractivity contribution in [3.63, 3.8) is 0 Å². The largest absolute Gasteiger partial charge is 0.358 e. The number of hydrogen-bond donors (Lipinski definition) is 2. The summed E-state index contributed by atoms with van der Waals surface area (Å²) in [6, 6.07) is 13.1. The number of piperidine rings is 1. The van der Waals surface area contributed by atoms with Gasteiger partial charge in [0.05, 0.1) is 5.92 Å². The molecule has 8 heteroatoms. The number of rotatable bonds is 3. The van der Waals surface area contributed by atoms with Crippen molar-refractivity contribution in [2.24, 2.45) is 10.3 Å². The maximum absolute atomic E-state index is 12.9. The number of carbonyl (C=O) groups is 1. The number of nitrogens with zero attached hydrogens (tertiary/aromatic N) is 2. The number of hydrogen-bond acceptors (Lipinski definition) is 4. The van der Waals surface area contributed by atoms with E-state index in [-0.39, 0.29) is 16.7 Å². The second-order valence-electron chi connectivity index (χ2n) is 8.64. The van der Waals surface area contributed by atoms with Crippen LogP contribution in [0.2, 0.25) is 0 Å². The molecule has 5 rings (SSSR count). The van der Waals surface area contributed by atoms with Gasteiger partial charge in [-0.2, -0.15) is 8.42 Å². The van der Waals surface area contributed by atoms with Crippen LogP contribution in [0, 0.1) is 19.8 Å². The standard InChI is InChI=1S/C24H26N4O3S/c1-15-16(2)26-21-10-9-17(12-20(15)21)13-25-24(29)18-6-5-11-28(14-18)23-19-7-3-4-8-22(19)32(30,31)27-23/h3-4,7-10,12,18,26H,5-6,11,13-14H2,1-2H3,(H,25,29). The quantitative estimate of drug-likeness (QED) is 0.640. The van der Waals surface area contributed by atoms with Gasteiger partial charge in [-0.05, 0) is 62.1 Å². The zero-order valence-corrected chi connectivity index (χ0v) is 19.0. The minimum atomic E-state index is -3.66. The summed E-state index contributed by atoms with van der Waals surface area (Å²) in [5, 5.41) is 4.25. The van der Waals surface area contributed by atoms with E-state index in [9.17, 15) is 13.2 Å². The van der Waals surface area contributed by atoms with Gasteiger partial charge in [0.25, 0.3) is 10.0 Å². The molecule has 1 saturated heterocycles. The third kappa shape index (κ3) is 3.58. The van der Waals surface area contributed by atoms with Gasteiger partial charge in [-0.25, -0.2) is 0 Å². The summed E-state index contributed by atoms with van der Waals surface area (Å²) in [5.74, 6) is 0.246. The zero-order valence-electron chi connectivity index (χ0n) is 18.2. The lowest BCUT2D eigenvalue weighted by molar-refractivity contribution is -0.126. The van der Waals surface area contributed by atoms with Crippen molar-refractivity contribution in [2.75, 3.05) is 13.1 Å². The molecule has 2 aliphatic heterocycles. The number of nitrogens with one attached hydrogen (secondary N) is 2. The van der Waals surface area contributed by atoms with E-state index < -0.39 is 10.0 Å². The van der Waals surface area contributed by atoms with Crippen LogP contribution in [0.5, 0.6) is 0 Å². The first-order chi connectivity index (χ1) is 15.3. The van der Waals surface area contributed by atoms with Crippen LogP contribution in [0.4, 0.5) is 0 Å². The molecule has 166 valence electrons. The average Bonchev–Trinajstić information content (AvgIpc) is 3.24. The van der Waals surface area contributed by atoms with Gasteiger partial charge in [0, 0.05) is 41.8 Å². The van der Waals surface area contributed by atoms with Crippen LogP contribution in [0.3, 0.4) is 0 Å². The number of aryl methyl sites for hydroxylation is 2. The molecule has 0 bridgehead atoms. The summed E-state index contributed by atoms with van der Waals surface area (Å²) in [6.07, 6.45) is 1.59. The van der Waals surface area contributed by atoms with E-state index in [1.165, 1.54) is 10.9 Å². The molecule has 32 heavy (non-hydrogen) atoms. The summed E-state index contributed by atoms with van der Waals surface area (Å²) in [6.45, 7) is 5.77. The van der Waals surface area contributed by atoms with E-state index in [1.807, 2.05) is 17.0 Å². The molecule has 2 aliphatic rings. The number of benzene rings is 2. The minimum Gasteiger partial charge on any atom is -0.358 e. The van der Waals surface area contributed by atoms with Gasteiger partial charge in [-0.3, -0.25) is 4.79 Å². The Labute approximate surface area is 187 Å². The van der Waals surface area contributed by atoms with Gasteiger partial charge in [-0.1, -0.05) is 18.2 Å². The van der Waals surface area contributed by atoms with Crippen molar-refractivity contribution < 1.29 is 13.2 Å². The Balaban J connectivity index is 1.28. The Hall–Kier alpha value is -3.13. The third-order valence-corrected chi connectivity index (χ3v) is 7.87. The fraction of sp³-hybridized carbons (Fsp3) is 0.333. The Morgan fingerprint density at radius 3 is 2.88 bits per heavy atom. The molecule has 2 N–H and O–H groups in total. The van der Waals surface area contributed by atoms with Crippen molar-refractivity contribution in [2.45, 2.75) is 38.1 Å². The van der Waals surface area contributed by atoms with Gasteiger partial charge in [-0.15, -0.1) is 4.40 Å². The fourth-order valence-electron chi connectivity index (χ4n) is 4.65. The summed E-state index contributed by atoms with van der Waals surface area (Å²) >= 11 is 0. The Morgan fingerprint density at radius 1 is 1.22 bits per heavy atom. The van der Waals surface area contributed by atoms with E-state index in [1.54, 1.807) is 18.2 Å². The van der Waals surface area contributed by atoms with E-state index >= 15 is 0 Å². The zero-order chi connectivity index (χ0) is 22.5. The highest BCUT2D eigenvalue weighted by Gasteiger charge is 2.35. The van der Waals surface area contributed by atoms with Crippen LogP contribution in [0.25, 0.3) is 10.9 Å². The topological polar surface area (TPSA) is 94.6 Å². The van der Waals surface area contributed by atoms with Crippen molar-refractivity contribution >= 4 is 32.7 Å². The normalized spacial score (nSPS) is 19.6. The Kier molecular flexibility index (Phi) is 5.04. The molecule has 1 aromatic heterocycles. The number of likely N-dealkylation sites (tertiary alicyclic amines) is 1. The monoisotopic (exact) mass is 450 g/mol. The number of fused-ring (bicyclic) bond motifs is 2. The third-order valence-electron chi connectivity index (χ3n) is 6.54.